The average molecular weight is 978 g/mol. The monoisotopic (exact) mass is 977 g/mol. The van der Waals surface area contributed by atoms with E-state index in [1.165, 1.54) is 20.2 Å². The highest BCUT2D eigenvalue weighted by atomic mass is 35.5. The standard InChI is InChI=1S/C45H59ClF7N7O7/c1-24(2)16-30-38(64)59(4)33(19-26-18-27(47)11-12-29(26)46)37(63)57-43(13-14-43)40(66)54-15-6-5-10-32(35(61)55-30)58(3)39(65)31(17-25-8-7-9-25)56-36(62)34-20-28(48)21-60(34)41(67)42(45(51,52)53)22-44(49,50)23-42/h11-12,18,24-25,28,30-34H,5-10,13-17,19-23H2,1-4H3,(H,54,66)(H,55,61)(H,56,62)(H,57,63)/t28-,30+,31+,32+,33+,34+/m1/s1. The summed E-state index contributed by atoms with van der Waals surface area (Å²) in [6.45, 7) is 2.74. The number of hydrogen-bond donors (Lipinski definition) is 4. The largest absolute Gasteiger partial charge is 0.403 e. The van der Waals surface area contributed by atoms with Gasteiger partial charge in [-0.1, -0.05) is 44.7 Å². The van der Waals surface area contributed by atoms with Crippen LogP contribution in [0.1, 0.15) is 103 Å². The molecule has 0 bridgehead atoms. The highest BCUT2D eigenvalue weighted by Gasteiger charge is 2.75. The van der Waals surface area contributed by atoms with E-state index in [1.54, 1.807) is 13.8 Å². The van der Waals surface area contributed by atoms with Gasteiger partial charge in [0, 0.05) is 51.3 Å². The molecule has 2 heterocycles. The van der Waals surface area contributed by atoms with Gasteiger partial charge in [-0.25, -0.2) is 17.6 Å². The van der Waals surface area contributed by atoms with Gasteiger partial charge in [0.25, 0.3) is 5.92 Å². The molecule has 22 heteroatoms. The summed E-state index contributed by atoms with van der Waals surface area (Å²) >= 11 is 6.40. The number of likely N-dealkylation sites (tertiary alicyclic amines) is 1. The molecule has 372 valence electrons. The van der Waals surface area contributed by atoms with Gasteiger partial charge in [0.15, 0.2) is 5.41 Å². The smallest absolute Gasteiger partial charge is 0.354 e. The molecule has 0 radical (unpaired) electrons. The van der Waals surface area contributed by atoms with Crippen molar-refractivity contribution in [2.45, 2.75) is 158 Å². The van der Waals surface area contributed by atoms with Crippen molar-refractivity contribution in [1.82, 2.24) is 36.0 Å². The molecule has 2 aliphatic heterocycles. The SMILES string of the molecule is CC(C)C[C@@H]1NC(=O)[C@@H](N(C)C(=O)[C@H](CC2CCC2)NC(=O)[C@@H]2C[C@@H](F)CN2C(=O)C2(C(F)(F)F)CC(F)(F)C2)CCCCNC(=O)C2(CC2)NC(=O)[C@H](Cc2cc(F)ccc2Cl)N(C)C1=O. The third-order valence-electron chi connectivity index (χ3n) is 14.0. The quantitative estimate of drug-likeness (QED) is 0.232. The van der Waals surface area contributed by atoms with E-state index in [0.717, 1.165) is 28.4 Å². The zero-order valence-corrected chi connectivity index (χ0v) is 38.6. The van der Waals surface area contributed by atoms with Crippen molar-refractivity contribution in [3.63, 3.8) is 0 Å². The Morgan fingerprint density at radius 2 is 1.66 bits per heavy atom. The number of carbonyl (C=O) groups excluding carboxylic acids is 7. The Morgan fingerprint density at radius 1 is 0.985 bits per heavy atom. The molecule has 5 fully saturated rings. The number of rotatable bonds is 11. The van der Waals surface area contributed by atoms with Gasteiger partial charge in [0.05, 0.1) is 6.54 Å². The van der Waals surface area contributed by atoms with Gasteiger partial charge in [-0.05, 0) is 80.5 Å². The Morgan fingerprint density at radius 3 is 2.24 bits per heavy atom. The number of hydrogen-bond acceptors (Lipinski definition) is 7. The summed E-state index contributed by atoms with van der Waals surface area (Å²) in [6.07, 6.45) is -8.81. The highest BCUT2D eigenvalue weighted by Crippen LogP contribution is 2.61. The average Bonchev–Trinajstić information content (AvgIpc) is 3.90. The molecule has 14 nitrogen and oxygen atoms in total. The highest BCUT2D eigenvalue weighted by molar-refractivity contribution is 6.31. The third-order valence-corrected chi connectivity index (χ3v) is 14.4. The van der Waals surface area contributed by atoms with Crippen LogP contribution in [0, 0.1) is 23.1 Å². The van der Waals surface area contributed by atoms with Gasteiger partial charge >= 0.3 is 6.18 Å². The summed E-state index contributed by atoms with van der Waals surface area (Å²) in [5, 5.41) is 11.0. The summed E-state index contributed by atoms with van der Waals surface area (Å²) in [6, 6.07) is -3.69. The van der Waals surface area contributed by atoms with Crippen molar-refractivity contribution >= 4 is 53.0 Å². The molecule has 67 heavy (non-hydrogen) atoms. The van der Waals surface area contributed by atoms with Crippen molar-refractivity contribution in [3.8, 4) is 0 Å². The predicted octanol–water partition coefficient (Wildman–Crippen LogP) is 4.75. The normalized spacial score (nSPS) is 27.3. The maximum Gasteiger partial charge on any atom is 0.403 e. The Balaban J connectivity index is 1.27. The molecular formula is C45H59ClF7N7O7. The van der Waals surface area contributed by atoms with Crippen LogP contribution in [-0.4, -0.2) is 137 Å². The van der Waals surface area contributed by atoms with Gasteiger partial charge < -0.3 is 36.0 Å². The lowest BCUT2D eigenvalue weighted by molar-refractivity contribution is -0.299. The van der Waals surface area contributed by atoms with E-state index < -0.39 is 132 Å². The first-order valence-corrected chi connectivity index (χ1v) is 23.2. The Hall–Kier alpha value is -4.69. The number of carbonyl (C=O) groups is 7. The molecular weight excluding hydrogens is 919 g/mol. The Labute approximate surface area is 389 Å². The van der Waals surface area contributed by atoms with Crippen LogP contribution in [0.2, 0.25) is 5.02 Å². The lowest BCUT2D eigenvalue weighted by atomic mass is 9.64. The van der Waals surface area contributed by atoms with Crippen molar-refractivity contribution < 1.29 is 64.3 Å². The van der Waals surface area contributed by atoms with Gasteiger partial charge in [-0.15, -0.1) is 0 Å². The summed E-state index contributed by atoms with van der Waals surface area (Å²) in [5.74, 6) is -11.3. The van der Waals surface area contributed by atoms with E-state index in [9.17, 15) is 64.3 Å². The fourth-order valence-corrected chi connectivity index (χ4v) is 9.84. The summed E-state index contributed by atoms with van der Waals surface area (Å²) < 4.78 is 100.0. The summed E-state index contributed by atoms with van der Waals surface area (Å²) in [7, 11) is 2.63. The number of likely N-dealkylation sites (N-methyl/N-ethyl adjacent to an activating group) is 2. The fourth-order valence-electron chi connectivity index (χ4n) is 9.65. The second-order valence-electron chi connectivity index (χ2n) is 19.6. The number of amides is 7. The number of benzene rings is 1. The minimum atomic E-state index is -5.43. The predicted molar refractivity (Wildman–Crippen MR) is 228 cm³/mol. The van der Waals surface area contributed by atoms with Crippen LogP contribution in [0.15, 0.2) is 18.2 Å². The number of alkyl halides is 6. The zero-order valence-electron chi connectivity index (χ0n) is 37.9. The summed E-state index contributed by atoms with van der Waals surface area (Å²) in [4.78, 5) is 101. The van der Waals surface area contributed by atoms with Gasteiger partial charge in [0.1, 0.15) is 47.7 Å². The van der Waals surface area contributed by atoms with Crippen molar-refractivity contribution in [1.29, 1.82) is 0 Å². The minimum Gasteiger partial charge on any atom is -0.354 e. The molecule has 4 N–H and O–H groups in total. The van der Waals surface area contributed by atoms with E-state index in [1.807, 2.05) is 0 Å². The molecule has 6 atom stereocenters. The Kier molecular flexibility index (Phi) is 15.5. The lowest BCUT2D eigenvalue weighted by Gasteiger charge is -2.48. The van der Waals surface area contributed by atoms with Crippen LogP contribution in [0.5, 0.6) is 0 Å². The van der Waals surface area contributed by atoms with Crippen LogP contribution < -0.4 is 21.3 Å². The summed E-state index contributed by atoms with van der Waals surface area (Å²) in [5.41, 5.74) is -4.59. The van der Waals surface area contributed by atoms with E-state index >= 15 is 0 Å². The molecule has 7 amide bonds. The first-order chi connectivity index (χ1) is 31.3. The lowest BCUT2D eigenvalue weighted by Crippen LogP contribution is -2.65. The first-order valence-electron chi connectivity index (χ1n) is 22.9. The molecule has 3 saturated carbocycles. The van der Waals surface area contributed by atoms with Crippen molar-refractivity contribution in [3.05, 3.63) is 34.6 Å². The van der Waals surface area contributed by atoms with E-state index in [4.69, 9.17) is 11.6 Å². The Bertz CT molecular complexity index is 2080. The van der Waals surface area contributed by atoms with Crippen LogP contribution in [0.4, 0.5) is 30.7 Å². The molecule has 3 aliphatic carbocycles. The van der Waals surface area contributed by atoms with Gasteiger partial charge in [-0.3, -0.25) is 33.6 Å². The molecule has 5 aliphatic rings. The van der Waals surface area contributed by atoms with Crippen LogP contribution >= 0.6 is 11.6 Å². The number of halogens is 8. The first kappa shape index (κ1) is 51.7. The molecule has 1 aromatic carbocycles. The van der Waals surface area contributed by atoms with E-state index in [2.05, 4.69) is 21.3 Å². The maximum absolute atomic E-state index is 14.9. The second kappa shape index (κ2) is 20.1. The molecule has 1 aromatic rings. The van der Waals surface area contributed by atoms with E-state index in [0.29, 0.717) is 37.0 Å². The number of nitrogens with zero attached hydrogens (tertiary/aromatic N) is 3. The van der Waals surface area contributed by atoms with Crippen molar-refractivity contribution in [2.24, 2.45) is 17.3 Å². The fraction of sp³-hybridized carbons (Fsp3) is 0.711. The second-order valence-corrected chi connectivity index (χ2v) is 20.0. The molecule has 1 spiro atoms. The minimum absolute atomic E-state index is 0.00744. The van der Waals surface area contributed by atoms with Gasteiger partial charge in [0.2, 0.25) is 41.4 Å². The van der Waals surface area contributed by atoms with Crippen LogP contribution in [0.3, 0.4) is 0 Å². The molecule has 6 rings (SSSR count). The molecule has 0 unspecified atom stereocenters. The van der Waals surface area contributed by atoms with Crippen molar-refractivity contribution in [2.75, 3.05) is 27.2 Å². The number of nitrogens with one attached hydrogen (secondary N) is 4. The van der Waals surface area contributed by atoms with Crippen LogP contribution in [0.25, 0.3) is 0 Å². The molecule has 0 aromatic heterocycles. The third kappa shape index (κ3) is 11.4. The van der Waals surface area contributed by atoms with Crippen LogP contribution in [-0.2, 0) is 40.0 Å². The molecule has 2 saturated heterocycles. The maximum atomic E-state index is 14.9. The van der Waals surface area contributed by atoms with E-state index in [-0.39, 0.29) is 61.1 Å². The topological polar surface area (TPSA) is 177 Å². The zero-order chi connectivity index (χ0) is 49.4. The van der Waals surface area contributed by atoms with Gasteiger partial charge in [-0.2, -0.15) is 13.2 Å².